The van der Waals surface area contributed by atoms with Gasteiger partial charge < -0.3 is 4.74 Å². The van der Waals surface area contributed by atoms with E-state index in [0.29, 0.717) is 10.6 Å². The maximum absolute atomic E-state index is 10.7. The normalized spacial score (nSPS) is 15.1. The molecular formula is C10H10BrNO3. The molecule has 15 heavy (non-hydrogen) atoms. The fraction of sp³-hybridized carbons (Fsp3) is 0.400. The lowest BCUT2D eigenvalue weighted by Gasteiger charge is -2.09. The van der Waals surface area contributed by atoms with E-state index in [9.17, 15) is 10.1 Å². The fourth-order valence-electron chi connectivity index (χ4n) is 1.29. The predicted octanol–water partition coefficient (Wildman–Crippen LogP) is 3.21. The number of nitro groups is 1. The van der Waals surface area contributed by atoms with Crippen molar-refractivity contribution in [1.82, 2.24) is 0 Å². The van der Waals surface area contributed by atoms with Crippen LogP contribution in [0.25, 0.3) is 0 Å². The summed E-state index contributed by atoms with van der Waals surface area (Å²) >= 11 is 3.22. The summed E-state index contributed by atoms with van der Waals surface area (Å²) in [7, 11) is 0. The van der Waals surface area contributed by atoms with E-state index >= 15 is 0 Å². The van der Waals surface area contributed by atoms with E-state index < -0.39 is 4.92 Å². The van der Waals surface area contributed by atoms with E-state index in [0.717, 1.165) is 24.2 Å². The Morgan fingerprint density at radius 3 is 2.73 bits per heavy atom. The minimum Gasteiger partial charge on any atom is -0.490 e. The van der Waals surface area contributed by atoms with Gasteiger partial charge in [0.15, 0.2) is 0 Å². The highest BCUT2D eigenvalue weighted by Gasteiger charge is 2.25. The molecule has 0 saturated heterocycles. The molecule has 0 amide bonds. The Kier molecular flexibility index (Phi) is 2.65. The Balaban J connectivity index is 2.34. The van der Waals surface area contributed by atoms with Crippen molar-refractivity contribution >= 4 is 21.6 Å². The zero-order valence-corrected chi connectivity index (χ0v) is 9.78. The Labute approximate surface area is 95.5 Å². The number of nitrogens with zero attached hydrogens (tertiary/aromatic N) is 1. The maximum atomic E-state index is 10.7. The van der Waals surface area contributed by atoms with Crippen molar-refractivity contribution < 1.29 is 9.66 Å². The highest BCUT2D eigenvalue weighted by Crippen LogP contribution is 2.36. The standard InChI is InChI=1S/C10H10BrNO3/c1-6-9(15-7-2-3-7)5-4-8(10(6)11)12(13)14/h4-5,7H,2-3H2,1H3. The zero-order chi connectivity index (χ0) is 11.0. The largest absolute Gasteiger partial charge is 0.490 e. The van der Waals surface area contributed by atoms with E-state index in [2.05, 4.69) is 15.9 Å². The SMILES string of the molecule is Cc1c(OC2CC2)ccc([N+](=O)[O-])c1Br. The summed E-state index contributed by atoms with van der Waals surface area (Å²) in [6.45, 7) is 1.81. The molecule has 2 rings (SSSR count). The molecule has 0 N–H and O–H groups in total. The molecule has 1 aliphatic carbocycles. The van der Waals surface area contributed by atoms with Crippen molar-refractivity contribution in [2.45, 2.75) is 25.9 Å². The molecule has 1 saturated carbocycles. The summed E-state index contributed by atoms with van der Waals surface area (Å²) in [5.74, 6) is 0.731. The molecule has 0 bridgehead atoms. The minimum absolute atomic E-state index is 0.0793. The number of ether oxygens (including phenoxy) is 1. The van der Waals surface area contributed by atoms with Crippen molar-refractivity contribution in [3.05, 3.63) is 32.3 Å². The van der Waals surface area contributed by atoms with Crippen molar-refractivity contribution in [2.75, 3.05) is 0 Å². The van der Waals surface area contributed by atoms with Crippen LogP contribution < -0.4 is 4.74 Å². The first-order chi connectivity index (χ1) is 7.09. The lowest BCUT2D eigenvalue weighted by atomic mass is 10.2. The van der Waals surface area contributed by atoms with Gasteiger partial charge in [-0.3, -0.25) is 10.1 Å². The Morgan fingerprint density at radius 1 is 1.53 bits per heavy atom. The second-order valence-electron chi connectivity index (χ2n) is 3.60. The van der Waals surface area contributed by atoms with E-state index in [1.54, 1.807) is 6.07 Å². The first-order valence-electron chi connectivity index (χ1n) is 4.69. The number of hydrogen-bond donors (Lipinski definition) is 0. The number of rotatable bonds is 3. The lowest BCUT2D eigenvalue weighted by molar-refractivity contribution is -0.385. The molecule has 1 fully saturated rings. The van der Waals surface area contributed by atoms with E-state index in [4.69, 9.17) is 4.74 Å². The van der Waals surface area contributed by atoms with Gasteiger partial charge in [0.25, 0.3) is 5.69 Å². The van der Waals surface area contributed by atoms with Crippen LogP contribution in [0.1, 0.15) is 18.4 Å². The van der Waals surface area contributed by atoms with Gasteiger partial charge in [-0.25, -0.2) is 0 Å². The molecule has 0 spiro atoms. The third-order valence-electron chi connectivity index (χ3n) is 2.33. The predicted molar refractivity (Wildman–Crippen MR) is 59.2 cm³/mol. The Hall–Kier alpha value is -1.10. The van der Waals surface area contributed by atoms with Crippen LogP contribution in [-0.2, 0) is 0 Å². The molecule has 80 valence electrons. The number of hydrogen-bond acceptors (Lipinski definition) is 3. The van der Waals surface area contributed by atoms with Crippen molar-refractivity contribution in [3.63, 3.8) is 0 Å². The average molecular weight is 272 g/mol. The molecule has 4 nitrogen and oxygen atoms in total. The molecule has 1 aliphatic rings. The van der Waals surface area contributed by atoms with Gasteiger partial charge in [0, 0.05) is 11.6 Å². The second-order valence-corrected chi connectivity index (χ2v) is 4.39. The molecular weight excluding hydrogens is 262 g/mol. The summed E-state index contributed by atoms with van der Waals surface area (Å²) in [6, 6.07) is 3.13. The first-order valence-corrected chi connectivity index (χ1v) is 5.49. The highest BCUT2D eigenvalue weighted by atomic mass is 79.9. The van der Waals surface area contributed by atoms with Crippen LogP contribution in [0.15, 0.2) is 16.6 Å². The zero-order valence-electron chi connectivity index (χ0n) is 8.20. The third-order valence-corrected chi connectivity index (χ3v) is 3.33. The summed E-state index contributed by atoms with van der Waals surface area (Å²) in [6.07, 6.45) is 2.46. The lowest BCUT2D eigenvalue weighted by Crippen LogP contribution is -1.99. The third kappa shape index (κ3) is 2.12. The Bertz CT molecular complexity index is 415. The van der Waals surface area contributed by atoms with E-state index in [1.165, 1.54) is 6.07 Å². The van der Waals surface area contributed by atoms with E-state index in [-0.39, 0.29) is 5.69 Å². The quantitative estimate of drug-likeness (QED) is 0.627. The van der Waals surface area contributed by atoms with Gasteiger partial charge in [0.05, 0.1) is 11.0 Å². The van der Waals surface area contributed by atoms with Crippen LogP contribution in [-0.4, -0.2) is 11.0 Å². The van der Waals surface area contributed by atoms with Crippen LogP contribution >= 0.6 is 15.9 Å². The molecule has 0 aliphatic heterocycles. The first kappa shape index (κ1) is 10.4. The van der Waals surface area contributed by atoms with Crippen molar-refractivity contribution in [1.29, 1.82) is 0 Å². The fourth-order valence-corrected chi connectivity index (χ4v) is 1.76. The van der Waals surface area contributed by atoms with Gasteiger partial charge in [-0.2, -0.15) is 0 Å². The molecule has 1 aromatic rings. The van der Waals surface area contributed by atoms with Gasteiger partial charge in [0.1, 0.15) is 10.2 Å². The summed E-state index contributed by atoms with van der Waals surface area (Å²) in [4.78, 5) is 10.2. The average Bonchev–Trinajstić information content (AvgIpc) is 2.96. The summed E-state index contributed by atoms with van der Waals surface area (Å²) in [5.41, 5.74) is 0.867. The van der Waals surface area contributed by atoms with Gasteiger partial charge in [-0.1, -0.05) is 0 Å². The van der Waals surface area contributed by atoms with Crippen LogP contribution in [0, 0.1) is 17.0 Å². The molecule has 0 aromatic heterocycles. The molecule has 0 atom stereocenters. The number of halogens is 1. The summed E-state index contributed by atoms with van der Waals surface area (Å²) in [5, 5.41) is 10.7. The van der Waals surface area contributed by atoms with Gasteiger partial charge in [0.2, 0.25) is 0 Å². The van der Waals surface area contributed by atoms with Crippen LogP contribution in [0.3, 0.4) is 0 Å². The molecule has 0 unspecified atom stereocenters. The topological polar surface area (TPSA) is 52.4 Å². The second kappa shape index (κ2) is 3.81. The van der Waals surface area contributed by atoms with Crippen LogP contribution in [0.4, 0.5) is 5.69 Å². The van der Waals surface area contributed by atoms with Crippen molar-refractivity contribution in [2.24, 2.45) is 0 Å². The van der Waals surface area contributed by atoms with Crippen molar-refractivity contribution in [3.8, 4) is 5.75 Å². The molecule has 5 heteroatoms. The summed E-state index contributed by atoms with van der Waals surface area (Å²) < 4.78 is 6.12. The number of benzene rings is 1. The molecule has 0 radical (unpaired) electrons. The number of nitro benzene ring substituents is 1. The molecule has 1 aromatic carbocycles. The maximum Gasteiger partial charge on any atom is 0.284 e. The van der Waals surface area contributed by atoms with Crippen LogP contribution in [0.2, 0.25) is 0 Å². The smallest absolute Gasteiger partial charge is 0.284 e. The highest BCUT2D eigenvalue weighted by molar-refractivity contribution is 9.10. The van der Waals surface area contributed by atoms with Crippen LogP contribution in [0.5, 0.6) is 5.75 Å². The van der Waals surface area contributed by atoms with E-state index in [1.807, 2.05) is 6.92 Å². The van der Waals surface area contributed by atoms with Gasteiger partial charge in [-0.15, -0.1) is 0 Å². The Morgan fingerprint density at radius 2 is 2.20 bits per heavy atom. The minimum atomic E-state index is -0.405. The van der Waals surface area contributed by atoms with Gasteiger partial charge in [-0.05, 0) is 41.8 Å². The molecule has 0 heterocycles. The monoisotopic (exact) mass is 271 g/mol. The van der Waals surface area contributed by atoms with Gasteiger partial charge >= 0.3 is 0 Å².